The number of aromatic carboxylic acids is 1. The zero-order chi connectivity index (χ0) is 34.6. The van der Waals surface area contributed by atoms with Gasteiger partial charge in [-0.3, -0.25) is 10.1 Å². The minimum absolute atomic E-state index is 0.00576. The number of benzene rings is 3. The minimum atomic E-state index is -1.08. The van der Waals surface area contributed by atoms with Crippen molar-refractivity contribution in [1.29, 1.82) is 0 Å². The van der Waals surface area contributed by atoms with E-state index in [1.165, 1.54) is 24.2 Å². The predicted molar refractivity (Wildman–Crippen MR) is 198 cm³/mol. The van der Waals surface area contributed by atoms with E-state index in [4.69, 9.17) is 9.72 Å². The Bertz CT molecular complexity index is 2070. The molecule has 3 aromatic carbocycles. The Labute approximate surface area is 296 Å². The van der Waals surface area contributed by atoms with Crippen LogP contribution in [0.1, 0.15) is 83.5 Å². The van der Waals surface area contributed by atoms with Gasteiger partial charge < -0.3 is 14.7 Å². The molecule has 8 rings (SSSR count). The molecule has 2 aromatic heterocycles. The summed E-state index contributed by atoms with van der Waals surface area (Å²) in [5.74, 6) is 2.07. The highest BCUT2D eigenvalue weighted by molar-refractivity contribution is 7.22. The molecule has 0 radical (unpaired) electrons. The molecule has 2 bridgehead atoms. The molecule has 2 N–H and O–H groups in total. The van der Waals surface area contributed by atoms with Crippen LogP contribution in [-0.4, -0.2) is 39.1 Å². The fourth-order valence-electron chi connectivity index (χ4n) is 9.07. The van der Waals surface area contributed by atoms with Gasteiger partial charge in [0, 0.05) is 24.2 Å². The zero-order valence-corrected chi connectivity index (χ0v) is 29.6. The van der Waals surface area contributed by atoms with E-state index in [1.54, 1.807) is 0 Å². The number of hydrogen-bond donors (Lipinski definition) is 2. The number of carbonyl (C=O) groups excluding carboxylic acids is 1. The number of carbonyl (C=O) groups is 2. The van der Waals surface area contributed by atoms with Gasteiger partial charge in [0.05, 0.1) is 10.2 Å². The number of carboxylic acids is 1. The van der Waals surface area contributed by atoms with Gasteiger partial charge in [-0.1, -0.05) is 61.6 Å². The summed E-state index contributed by atoms with van der Waals surface area (Å²) in [5.41, 5.74) is 5.61. The molecule has 5 aromatic rings. The lowest BCUT2D eigenvalue weighted by Gasteiger charge is -2.49. The molecule has 2 atom stereocenters. The molecular formula is C41H42N4O4S. The van der Waals surface area contributed by atoms with Crippen LogP contribution in [0.15, 0.2) is 72.8 Å². The average molecular weight is 687 g/mol. The second-order valence-corrected chi connectivity index (χ2v) is 15.8. The van der Waals surface area contributed by atoms with Crippen LogP contribution >= 0.6 is 11.3 Å². The summed E-state index contributed by atoms with van der Waals surface area (Å²) >= 11 is 1.45. The first-order valence-corrected chi connectivity index (χ1v) is 18.5. The van der Waals surface area contributed by atoms with Crippen LogP contribution in [0.2, 0.25) is 0 Å². The summed E-state index contributed by atoms with van der Waals surface area (Å²) in [7, 11) is 0. The Morgan fingerprint density at radius 1 is 0.920 bits per heavy atom. The predicted octanol–water partition coefficient (Wildman–Crippen LogP) is 9.16. The number of ether oxygens (including phenoxy) is 1. The number of aromatic nitrogens is 2. The molecule has 8 nitrogen and oxygen atoms in total. The minimum Gasteiger partial charge on any atom is -0.487 e. The Kier molecular flexibility index (Phi) is 8.34. The number of para-hydroxylation sites is 1. The number of anilines is 2. The van der Waals surface area contributed by atoms with Crippen LogP contribution in [0.25, 0.3) is 21.3 Å². The Morgan fingerprint density at radius 3 is 2.48 bits per heavy atom. The number of amides is 1. The molecule has 9 heteroatoms. The van der Waals surface area contributed by atoms with Crippen molar-refractivity contribution in [2.75, 3.05) is 16.8 Å². The van der Waals surface area contributed by atoms with E-state index < -0.39 is 5.97 Å². The van der Waals surface area contributed by atoms with Crippen LogP contribution in [0, 0.1) is 24.7 Å². The smallest absolute Gasteiger partial charge is 0.355 e. The highest BCUT2D eigenvalue weighted by Crippen LogP contribution is 2.50. The van der Waals surface area contributed by atoms with Crippen LogP contribution in [-0.2, 0) is 13.0 Å². The van der Waals surface area contributed by atoms with Crippen molar-refractivity contribution >= 4 is 44.4 Å². The number of hydrogen-bond acceptors (Lipinski definition) is 7. The number of thiazole rings is 1. The maximum absolute atomic E-state index is 13.6. The molecule has 50 heavy (non-hydrogen) atoms. The van der Waals surface area contributed by atoms with Crippen molar-refractivity contribution in [3.8, 4) is 16.9 Å². The Hall–Kier alpha value is -4.76. The summed E-state index contributed by atoms with van der Waals surface area (Å²) in [6.07, 6.45) is 6.45. The lowest BCUT2D eigenvalue weighted by molar-refractivity contribution is -0.0605. The molecule has 2 aliphatic carbocycles. The van der Waals surface area contributed by atoms with Crippen LogP contribution < -0.4 is 15.0 Å². The molecule has 1 amide bonds. The van der Waals surface area contributed by atoms with Gasteiger partial charge in [0.2, 0.25) is 0 Å². The van der Waals surface area contributed by atoms with Gasteiger partial charge in [-0.2, -0.15) is 0 Å². The SMILES string of the molecule is Cc1c(OC23CC(C)CC(CC(C)C2)C3)cccc1-c1ccc(N2CCc3cccc(C(=O)Nc4nc5ccccc5s4)c3C2)nc1C(=O)O. The number of nitrogens with one attached hydrogen (secondary N) is 1. The van der Waals surface area contributed by atoms with Gasteiger partial charge in [0.15, 0.2) is 10.8 Å². The van der Waals surface area contributed by atoms with Crippen LogP contribution in [0.3, 0.4) is 0 Å². The maximum atomic E-state index is 13.6. The Balaban J connectivity index is 1.06. The van der Waals surface area contributed by atoms with Gasteiger partial charge in [-0.25, -0.2) is 14.8 Å². The molecule has 0 saturated heterocycles. The topological polar surface area (TPSA) is 105 Å². The second kappa shape index (κ2) is 12.8. The number of fused-ring (bicyclic) bond motifs is 4. The maximum Gasteiger partial charge on any atom is 0.355 e. The van der Waals surface area contributed by atoms with Crippen molar-refractivity contribution in [2.24, 2.45) is 17.8 Å². The number of rotatable bonds is 7. The lowest BCUT2D eigenvalue weighted by Crippen LogP contribution is -2.48. The molecule has 2 fully saturated rings. The largest absolute Gasteiger partial charge is 0.487 e. The van der Waals surface area contributed by atoms with E-state index in [0.717, 1.165) is 57.5 Å². The molecule has 2 saturated carbocycles. The van der Waals surface area contributed by atoms with Crippen LogP contribution in [0.5, 0.6) is 5.75 Å². The van der Waals surface area contributed by atoms with Gasteiger partial charge >= 0.3 is 5.97 Å². The number of carboxylic acid groups (broad SMARTS) is 1. The zero-order valence-electron chi connectivity index (χ0n) is 28.7. The standard InChI is InChI=1S/C41H42N4O4S/c1-24-18-27-19-25(2)21-41(20-24,22-27)49-34-12-7-9-29(26(34)3)30-14-15-36(43-37(30)39(47)48)45-17-16-28-8-6-10-31(32(28)23-45)38(46)44-40-42-33-11-4-5-13-35(33)50-40/h4-15,24-25,27H,16-23H2,1-3H3,(H,47,48)(H,42,44,46). The molecule has 0 spiro atoms. The molecule has 3 aliphatic rings. The van der Waals surface area contributed by atoms with E-state index >= 15 is 0 Å². The van der Waals surface area contributed by atoms with Gasteiger partial charge in [-0.15, -0.1) is 0 Å². The third-order valence-electron chi connectivity index (χ3n) is 10.9. The number of pyridine rings is 1. The molecule has 1 aliphatic heterocycles. The fourth-order valence-corrected chi connectivity index (χ4v) is 9.93. The summed E-state index contributed by atoms with van der Waals surface area (Å²) in [4.78, 5) is 37.7. The first-order chi connectivity index (χ1) is 24.1. The van der Waals surface area contributed by atoms with Crippen molar-refractivity contribution < 1.29 is 19.4 Å². The van der Waals surface area contributed by atoms with E-state index in [1.807, 2.05) is 73.7 Å². The first kappa shape index (κ1) is 32.4. The monoisotopic (exact) mass is 686 g/mol. The fraction of sp³-hybridized carbons (Fsp3) is 0.366. The van der Waals surface area contributed by atoms with E-state index in [9.17, 15) is 14.7 Å². The van der Waals surface area contributed by atoms with Gasteiger partial charge in [0.1, 0.15) is 17.2 Å². The molecule has 2 unspecified atom stereocenters. The first-order valence-electron chi connectivity index (χ1n) is 17.7. The Morgan fingerprint density at radius 2 is 1.70 bits per heavy atom. The number of nitrogens with zero attached hydrogens (tertiary/aromatic N) is 3. The van der Waals surface area contributed by atoms with E-state index in [2.05, 4.69) is 35.1 Å². The lowest BCUT2D eigenvalue weighted by atomic mass is 9.62. The van der Waals surface area contributed by atoms with Crippen LogP contribution in [0.4, 0.5) is 10.9 Å². The second-order valence-electron chi connectivity index (χ2n) is 14.8. The molecule has 3 heterocycles. The summed E-state index contributed by atoms with van der Waals surface area (Å²) in [6, 6.07) is 23.4. The van der Waals surface area contributed by atoms with Gasteiger partial charge in [0.25, 0.3) is 5.91 Å². The van der Waals surface area contributed by atoms with E-state index in [-0.39, 0.29) is 17.2 Å². The summed E-state index contributed by atoms with van der Waals surface area (Å²) in [5, 5.41) is 14.0. The summed E-state index contributed by atoms with van der Waals surface area (Å²) in [6.45, 7) is 7.81. The van der Waals surface area contributed by atoms with Gasteiger partial charge in [-0.05, 0) is 122 Å². The molecular weight excluding hydrogens is 645 g/mol. The van der Waals surface area contributed by atoms with E-state index in [0.29, 0.717) is 59.3 Å². The summed E-state index contributed by atoms with van der Waals surface area (Å²) < 4.78 is 7.98. The quantitative estimate of drug-likeness (QED) is 0.176. The highest BCUT2D eigenvalue weighted by Gasteiger charge is 2.46. The van der Waals surface area contributed by atoms with Crippen molar-refractivity contribution in [3.05, 3.63) is 101 Å². The van der Waals surface area contributed by atoms with Crippen molar-refractivity contribution in [1.82, 2.24) is 9.97 Å². The van der Waals surface area contributed by atoms with Crippen molar-refractivity contribution in [3.63, 3.8) is 0 Å². The average Bonchev–Trinajstić information content (AvgIpc) is 3.50. The van der Waals surface area contributed by atoms with Crippen molar-refractivity contribution in [2.45, 2.75) is 71.4 Å². The third kappa shape index (κ3) is 6.12. The normalized spacial score (nSPS) is 22.9. The third-order valence-corrected chi connectivity index (χ3v) is 11.9. The highest BCUT2D eigenvalue weighted by atomic mass is 32.1. The molecule has 256 valence electrons.